The number of rotatable bonds is 5. The smallest absolute Gasteiger partial charge is 0.243 e. The highest BCUT2D eigenvalue weighted by Gasteiger charge is 2.34. The monoisotopic (exact) mass is 455 g/mol. The molecule has 0 aromatic heterocycles. The Balaban J connectivity index is 1.50. The van der Waals surface area contributed by atoms with Crippen LogP contribution in [-0.2, 0) is 32.5 Å². The third-order valence-corrected chi connectivity index (χ3v) is 8.11. The molecule has 8 heteroatoms. The highest BCUT2D eigenvalue weighted by atomic mass is 32.2. The predicted molar refractivity (Wildman–Crippen MR) is 124 cm³/mol. The van der Waals surface area contributed by atoms with E-state index in [1.54, 1.807) is 18.2 Å². The molecule has 4 rings (SSSR count). The lowest BCUT2D eigenvalue weighted by molar-refractivity contribution is -0.121. The van der Waals surface area contributed by atoms with Crippen LogP contribution in [0.1, 0.15) is 43.7 Å². The number of para-hydroxylation sites is 1. The number of hydrogen-bond donors (Lipinski definition) is 2. The quantitative estimate of drug-likeness (QED) is 0.721. The molecule has 0 bridgehead atoms. The molecule has 2 N–H and O–H groups in total. The topological polar surface area (TPSA) is 95.6 Å². The first kappa shape index (κ1) is 22.5. The number of fused-ring (bicyclic) bond motifs is 1. The van der Waals surface area contributed by atoms with Gasteiger partial charge in [0.05, 0.1) is 10.8 Å². The molecule has 1 saturated heterocycles. The number of carbonyl (C=O) groups excluding carboxylic acids is 2. The molecule has 2 aromatic carbocycles. The van der Waals surface area contributed by atoms with E-state index >= 15 is 0 Å². The van der Waals surface area contributed by atoms with Crippen molar-refractivity contribution < 1.29 is 18.0 Å². The van der Waals surface area contributed by atoms with Crippen molar-refractivity contribution in [1.29, 1.82) is 0 Å². The number of sulfonamides is 1. The number of hydrogen-bond acceptors (Lipinski definition) is 4. The minimum Gasteiger partial charge on any atom is -0.326 e. The molecule has 0 saturated carbocycles. The Labute approximate surface area is 189 Å². The fourth-order valence-electron chi connectivity index (χ4n) is 4.42. The van der Waals surface area contributed by atoms with Crippen molar-refractivity contribution in [2.45, 2.75) is 50.3 Å². The van der Waals surface area contributed by atoms with Crippen LogP contribution in [0.3, 0.4) is 0 Å². The van der Waals surface area contributed by atoms with Crippen LogP contribution in [0.15, 0.2) is 47.4 Å². The minimum atomic E-state index is -3.73. The maximum absolute atomic E-state index is 13.4. The third-order valence-electron chi connectivity index (χ3n) is 6.25. The summed E-state index contributed by atoms with van der Waals surface area (Å²) in [7, 11) is -3.73. The zero-order chi connectivity index (χ0) is 22.7. The van der Waals surface area contributed by atoms with Crippen molar-refractivity contribution in [2.75, 3.05) is 23.7 Å². The van der Waals surface area contributed by atoms with Gasteiger partial charge in [0.1, 0.15) is 0 Å². The zero-order valence-electron chi connectivity index (χ0n) is 18.3. The molecule has 1 unspecified atom stereocenters. The number of anilines is 2. The van der Waals surface area contributed by atoms with Gasteiger partial charge in [0.25, 0.3) is 0 Å². The average molecular weight is 456 g/mol. The summed E-state index contributed by atoms with van der Waals surface area (Å²) in [5, 5.41) is 5.83. The van der Waals surface area contributed by atoms with E-state index in [-0.39, 0.29) is 23.3 Å². The number of benzene rings is 2. The van der Waals surface area contributed by atoms with Crippen LogP contribution in [0.5, 0.6) is 0 Å². The van der Waals surface area contributed by atoms with Gasteiger partial charge < -0.3 is 10.6 Å². The van der Waals surface area contributed by atoms with Gasteiger partial charge in [-0.3, -0.25) is 9.59 Å². The van der Waals surface area contributed by atoms with E-state index in [1.165, 1.54) is 4.31 Å². The number of amides is 2. The second-order valence-electron chi connectivity index (χ2n) is 8.42. The fraction of sp³-hybridized carbons (Fsp3) is 0.417. The summed E-state index contributed by atoms with van der Waals surface area (Å²) in [6.45, 7) is 2.59. The van der Waals surface area contributed by atoms with E-state index in [1.807, 2.05) is 31.2 Å². The molecule has 0 radical (unpaired) electrons. The van der Waals surface area contributed by atoms with Crippen molar-refractivity contribution in [3.05, 3.63) is 53.6 Å². The number of carbonyl (C=O) groups is 2. The summed E-state index contributed by atoms with van der Waals surface area (Å²) >= 11 is 0. The van der Waals surface area contributed by atoms with Gasteiger partial charge in [-0.05, 0) is 67.5 Å². The van der Waals surface area contributed by atoms with Gasteiger partial charge in [0.15, 0.2) is 0 Å². The van der Waals surface area contributed by atoms with Gasteiger partial charge in [0, 0.05) is 30.9 Å². The lowest BCUT2D eigenvalue weighted by Crippen LogP contribution is -2.43. The van der Waals surface area contributed by atoms with Crippen molar-refractivity contribution in [1.82, 2.24) is 4.31 Å². The molecule has 2 amide bonds. The molecule has 0 aliphatic carbocycles. The van der Waals surface area contributed by atoms with E-state index < -0.39 is 15.9 Å². The van der Waals surface area contributed by atoms with Crippen LogP contribution in [0, 0.1) is 5.92 Å². The van der Waals surface area contributed by atoms with Crippen LogP contribution in [0.4, 0.5) is 11.4 Å². The molecule has 7 nitrogen and oxygen atoms in total. The van der Waals surface area contributed by atoms with Gasteiger partial charge in [-0.25, -0.2) is 8.42 Å². The standard InChI is InChI=1S/C24H29N3O4S/c1-2-17-7-3-4-10-21(17)26-24(29)19-9-6-14-27(16-19)32(30,31)20-12-13-22-18(15-20)8-5-11-23(28)25-22/h3-4,7,10,12-13,15,19H,2,5-6,8-9,11,14,16H2,1H3,(H,25,28)(H,26,29). The van der Waals surface area contributed by atoms with E-state index in [9.17, 15) is 18.0 Å². The third kappa shape index (κ3) is 4.71. The van der Waals surface area contributed by atoms with E-state index in [4.69, 9.17) is 0 Å². The summed E-state index contributed by atoms with van der Waals surface area (Å²) < 4.78 is 28.1. The first-order valence-corrected chi connectivity index (χ1v) is 12.6. The van der Waals surface area contributed by atoms with E-state index in [2.05, 4.69) is 10.6 Å². The molecular formula is C24H29N3O4S. The highest BCUT2D eigenvalue weighted by molar-refractivity contribution is 7.89. The molecule has 2 aliphatic rings. The molecular weight excluding hydrogens is 426 g/mol. The van der Waals surface area contributed by atoms with Crippen molar-refractivity contribution in [3.63, 3.8) is 0 Å². The molecule has 2 heterocycles. The Morgan fingerprint density at radius 2 is 1.97 bits per heavy atom. The lowest BCUT2D eigenvalue weighted by Gasteiger charge is -2.31. The molecule has 2 aromatic rings. The van der Waals surface area contributed by atoms with Gasteiger partial charge in [-0.2, -0.15) is 4.31 Å². The van der Waals surface area contributed by atoms with Crippen molar-refractivity contribution in [3.8, 4) is 0 Å². The molecule has 170 valence electrons. The zero-order valence-corrected chi connectivity index (χ0v) is 19.1. The predicted octanol–water partition coefficient (Wildman–Crippen LogP) is 3.56. The summed E-state index contributed by atoms with van der Waals surface area (Å²) in [5.41, 5.74) is 3.35. The Bertz CT molecular complexity index is 1130. The molecule has 0 spiro atoms. The largest absolute Gasteiger partial charge is 0.326 e. The summed E-state index contributed by atoms with van der Waals surface area (Å²) in [6.07, 6.45) is 3.87. The first-order valence-electron chi connectivity index (χ1n) is 11.2. The second kappa shape index (κ2) is 9.42. The Morgan fingerprint density at radius 1 is 1.16 bits per heavy atom. The highest BCUT2D eigenvalue weighted by Crippen LogP contribution is 2.29. The molecule has 1 fully saturated rings. The average Bonchev–Trinajstić information content (AvgIpc) is 2.99. The fourth-order valence-corrected chi connectivity index (χ4v) is 6.00. The number of nitrogens with one attached hydrogen (secondary N) is 2. The molecule has 2 aliphatic heterocycles. The Morgan fingerprint density at radius 3 is 2.78 bits per heavy atom. The lowest BCUT2D eigenvalue weighted by atomic mass is 9.98. The van der Waals surface area contributed by atoms with E-state index in [0.29, 0.717) is 44.3 Å². The van der Waals surface area contributed by atoms with E-state index in [0.717, 1.165) is 23.2 Å². The number of nitrogens with zero attached hydrogens (tertiary/aromatic N) is 1. The first-order chi connectivity index (χ1) is 15.4. The van der Waals surface area contributed by atoms with Gasteiger partial charge in [-0.1, -0.05) is 25.1 Å². The van der Waals surface area contributed by atoms with Crippen LogP contribution >= 0.6 is 0 Å². The number of piperidine rings is 1. The molecule has 32 heavy (non-hydrogen) atoms. The van der Waals surface area contributed by atoms with Crippen LogP contribution in [0.25, 0.3) is 0 Å². The van der Waals surface area contributed by atoms with Gasteiger partial charge in [0.2, 0.25) is 21.8 Å². The van der Waals surface area contributed by atoms with Crippen LogP contribution in [-0.4, -0.2) is 37.6 Å². The van der Waals surface area contributed by atoms with Crippen molar-refractivity contribution >= 4 is 33.2 Å². The Kier molecular flexibility index (Phi) is 6.62. The normalized spacial score (nSPS) is 19.5. The minimum absolute atomic E-state index is 0.0473. The molecule has 1 atom stereocenters. The SMILES string of the molecule is CCc1ccccc1NC(=O)C1CCCN(S(=O)(=O)c2ccc3c(c2)CCCC(=O)N3)C1. The Hall–Kier alpha value is -2.71. The summed E-state index contributed by atoms with van der Waals surface area (Å²) in [6, 6.07) is 12.6. The van der Waals surface area contributed by atoms with Crippen LogP contribution < -0.4 is 10.6 Å². The summed E-state index contributed by atoms with van der Waals surface area (Å²) in [5.74, 6) is -0.590. The summed E-state index contributed by atoms with van der Waals surface area (Å²) in [4.78, 5) is 24.9. The van der Waals surface area contributed by atoms with Gasteiger partial charge in [-0.15, -0.1) is 0 Å². The second-order valence-corrected chi connectivity index (χ2v) is 10.4. The number of aryl methyl sites for hydroxylation is 2. The van der Waals surface area contributed by atoms with Gasteiger partial charge >= 0.3 is 0 Å². The van der Waals surface area contributed by atoms with Crippen molar-refractivity contribution in [2.24, 2.45) is 5.92 Å². The maximum atomic E-state index is 13.4. The van der Waals surface area contributed by atoms with Crippen LogP contribution in [0.2, 0.25) is 0 Å². The maximum Gasteiger partial charge on any atom is 0.243 e.